The quantitative estimate of drug-likeness (QED) is 0.518. The molecular formula is C7H12INO. The molecule has 0 aromatic heterocycles. The summed E-state index contributed by atoms with van der Waals surface area (Å²) < 4.78 is 7.58. The van der Waals surface area contributed by atoms with Crippen LogP contribution in [0.15, 0.2) is 0 Å². The Morgan fingerprint density at radius 1 is 1.50 bits per heavy atom. The number of nitrogens with zero attached hydrogens (tertiary/aromatic N) is 1. The molecule has 0 amide bonds. The fourth-order valence-electron chi connectivity index (χ4n) is 2.01. The molecular weight excluding hydrogens is 241 g/mol. The number of halogens is 1. The highest BCUT2D eigenvalue weighted by molar-refractivity contribution is 14.1. The average molecular weight is 253 g/mol. The van der Waals surface area contributed by atoms with E-state index >= 15 is 0 Å². The first kappa shape index (κ1) is 7.31. The Morgan fingerprint density at radius 3 is 2.50 bits per heavy atom. The van der Waals surface area contributed by atoms with E-state index in [2.05, 4.69) is 26.0 Å². The van der Waals surface area contributed by atoms with Gasteiger partial charge in [-0.1, -0.05) is 0 Å². The molecule has 0 unspecified atom stereocenters. The van der Waals surface area contributed by atoms with Gasteiger partial charge in [0.1, 0.15) is 0 Å². The van der Waals surface area contributed by atoms with Gasteiger partial charge < -0.3 is 4.74 Å². The smallest absolute Gasteiger partial charge is 0.0584 e. The van der Waals surface area contributed by atoms with Gasteiger partial charge in [-0.05, 0) is 12.8 Å². The average Bonchev–Trinajstić information content (AvgIpc) is 1.74. The first-order valence-corrected chi connectivity index (χ1v) is 4.64. The third-order valence-electron chi connectivity index (χ3n) is 2.67. The Kier molecular flexibility index (Phi) is 1.69. The minimum absolute atomic E-state index is 0.574. The second-order valence-corrected chi connectivity index (χ2v) is 4.91. The lowest BCUT2D eigenvalue weighted by molar-refractivity contribution is -0.107. The van der Waals surface area contributed by atoms with Gasteiger partial charge in [0.25, 0.3) is 0 Å². The molecule has 1 aliphatic heterocycles. The summed E-state index contributed by atoms with van der Waals surface area (Å²) in [6.07, 6.45) is 3.16. The van der Waals surface area contributed by atoms with E-state index in [1.54, 1.807) is 0 Å². The number of rotatable bonds is 1. The molecule has 0 aromatic carbocycles. The Hall–Kier alpha value is 0.650. The fourth-order valence-corrected chi connectivity index (χ4v) is 3.46. The van der Waals surface area contributed by atoms with E-state index in [1.165, 1.54) is 25.9 Å². The van der Waals surface area contributed by atoms with E-state index in [9.17, 15) is 0 Å². The summed E-state index contributed by atoms with van der Waals surface area (Å²) in [5.74, 6) is 0. The van der Waals surface area contributed by atoms with E-state index < -0.39 is 0 Å². The molecule has 1 saturated heterocycles. The van der Waals surface area contributed by atoms with Gasteiger partial charge in [-0.25, -0.2) is 3.11 Å². The minimum atomic E-state index is 0.574. The van der Waals surface area contributed by atoms with Crippen molar-refractivity contribution in [3.63, 3.8) is 0 Å². The molecule has 58 valence electrons. The van der Waals surface area contributed by atoms with Gasteiger partial charge in [-0.2, -0.15) is 0 Å². The van der Waals surface area contributed by atoms with E-state index in [-0.39, 0.29) is 0 Å². The highest BCUT2D eigenvalue weighted by Gasteiger charge is 2.51. The van der Waals surface area contributed by atoms with E-state index in [0.29, 0.717) is 11.5 Å². The molecule has 0 radical (unpaired) electrons. The standard InChI is InChI=1S/C7H12INO/c1-10-6-2-7(3-6)4-9(8)5-7/h6H,2-5H2,1H3. The zero-order valence-corrected chi connectivity index (χ0v) is 8.30. The van der Waals surface area contributed by atoms with Crippen LogP contribution in [0.3, 0.4) is 0 Å². The number of hydrogen-bond acceptors (Lipinski definition) is 2. The summed E-state index contributed by atoms with van der Waals surface area (Å²) in [6, 6.07) is 0. The van der Waals surface area contributed by atoms with E-state index in [0.717, 1.165) is 0 Å². The second kappa shape index (κ2) is 2.32. The van der Waals surface area contributed by atoms with Crippen LogP contribution in [-0.2, 0) is 4.74 Å². The molecule has 3 heteroatoms. The molecule has 2 rings (SSSR count). The second-order valence-electron chi connectivity index (χ2n) is 3.54. The van der Waals surface area contributed by atoms with Crippen molar-refractivity contribution in [2.45, 2.75) is 18.9 Å². The van der Waals surface area contributed by atoms with Gasteiger partial charge in [-0.3, -0.25) is 0 Å². The summed E-state index contributed by atoms with van der Waals surface area (Å²) in [7, 11) is 1.82. The Morgan fingerprint density at radius 2 is 2.10 bits per heavy atom. The molecule has 0 N–H and O–H groups in total. The zero-order valence-electron chi connectivity index (χ0n) is 6.14. The molecule has 2 nitrogen and oxygen atoms in total. The molecule has 0 bridgehead atoms. The first-order chi connectivity index (χ1) is 4.74. The number of ether oxygens (including phenoxy) is 1. The van der Waals surface area contributed by atoms with Crippen molar-refractivity contribution in [2.24, 2.45) is 5.41 Å². The van der Waals surface area contributed by atoms with Crippen molar-refractivity contribution < 1.29 is 4.74 Å². The van der Waals surface area contributed by atoms with Crippen molar-refractivity contribution >= 4 is 22.9 Å². The minimum Gasteiger partial charge on any atom is -0.381 e. The van der Waals surface area contributed by atoms with Crippen LogP contribution in [0.2, 0.25) is 0 Å². The van der Waals surface area contributed by atoms with Crippen LogP contribution in [-0.4, -0.2) is 29.4 Å². The fraction of sp³-hybridized carbons (Fsp3) is 1.00. The van der Waals surface area contributed by atoms with E-state index in [1.807, 2.05) is 7.11 Å². The molecule has 1 spiro atoms. The van der Waals surface area contributed by atoms with Gasteiger partial charge in [0, 0.05) is 48.5 Å². The lowest BCUT2D eigenvalue weighted by atomic mass is 9.63. The van der Waals surface area contributed by atoms with Crippen LogP contribution < -0.4 is 0 Å². The summed E-state index contributed by atoms with van der Waals surface area (Å²) in [6.45, 7) is 2.57. The van der Waals surface area contributed by atoms with Crippen molar-refractivity contribution in [2.75, 3.05) is 20.2 Å². The summed E-state index contributed by atoms with van der Waals surface area (Å²) >= 11 is 2.39. The van der Waals surface area contributed by atoms with Crippen LogP contribution in [0.25, 0.3) is 0 Å². The van der Waals surface area contributed by atoms with Crippen molar-refractivity contribution in [3.8, 4) is 0 Å². The van der Waals surface area contributed by atoms with Crippen LogP contribution >= 0.6 is 22.9 Å². The van der Waals surface area contributed by atoms with Gasteiger partial charge in [0.2, 0.25) is 0 Å². The van der Waals surface area contributed by atoms with Crippen molar-refractivity contribution in [3.05, 3.63) is 0 Å². The number of hydrogen-bond donors (Lipinski definition) is 0. The normalized spacial score (nSPS) is 31.8. The third kappa shape index (κ3) is 0.987. The van der Waals surface area contributed by atoms with E-state index in [4.69, 9.17) is 4.74 Å². The molecule has 10 heavy (non-hydrogen) atoms. The summed E-state index contributed by atoms with van der Waals surface area (Å²) in [4.78, 5) is 0. The largest absolute Gasteiger partial charge is 0.381 e. The predicted octanol–water partition coefficient (Wildman–Crippen LogP) is 1.45. The van der Waals surface area contributed by atoms with Crippen molar-refractivity contribution in [1.82, 2.24) is 3.11 Å². The molecule has 0 atom stereocenters. The lowest BCUT2D eigenvalue weighted by Crippen LogP contribution is -2.60. The Bertz CT molecular complexity index is 137. The van der Waals surface area contributed by atoms with Gasteiger partial charge in [-0.15, -0.1) is 0 Å². The van der Waals surface area contributed by atoms with Gasteiger partial charge >= 0.3 is 0 Å². The van der Waals surface area contributed by atoms with Crippen LogP contribution in [0.1, 0.15) is 12.8 Å². The highest BCUT2D eigenvalue weighted by Crippen LogP contribution is 2.50. The van der Waals surface area contributed by atoms with Crippen LogP contribution in [0.5, 0.6) is 0 Å². The molecule has 2 fully saturated rings. The number of methoxy groups -OCH3 is 1. The highest BCUT2D eigenvalue weighted by atomic mass is 127. The molecule has 2 aliphatic rings. The first-order valence-electron chi connectivity index (χ1n) is 3.68. The van der Waals surface area contributed by atoms with Gasteiger partial charge in [0.15, 0.2) is 0 Å². The summed E-state index contributed by atoms with van der Waals surface area (Å²) in [5, 5.41) is 0. The Balaban J connectivity index is 1.80. The third-order valence-corrected chi connectivity index (χ3v) is 3.35. The Labute approximate surface area is 75.4 Å². The lowest BCUT2D eigenvalue weighted by Gasteiger charge is -2.56. The zero-order chi connectivity index (χ0) is 7.19. The maximum Gasteiger partial charge on any atom is 0.0584 e. The maximum absolute atomic E-state index is 5.23. The maximum atomic E-state index is 5.23. The topological polar surface area (TPSA) is 12.5 Å². The van der Waals surface area contributed by atoms with Gasteiger partial charge in [0.05, 0.1) is 6.10 Å². The summed E-state index contributed by atoms with van der Waals surface area (Å²) in [5.41, 5.74) is 0.682. The molecule has 1 saturated carbocycles. The molecule has 1 heterocycles. The van der Waals surface area contributed by atoms with Crippen LogP contribution in [0, 0.1) is 5.41 Å². The monoisotopic (exact) mass is 253 g/mol. The van der Waals surface area contributed by atoms with Crippen LogP contribution in [0.4, 0.5) is 0 Å². The molecule has 1 aliphatic carbocycles. The molecule has 0 aromatic rings. The van der Waals surface area contributed by atoms with Crippen molar-refractivity contribution in [1.29, 1.82) is 0 Å². The SMILES string of the molecule is COC1CC2(C1)CN(I)C2. The predicted molar refractivity (Wildman–Crippen MR) is 48.1 cm³/mol.